The van der Waals surface area contributed by atoms with E-state index < -0.39 is 24.0 Å². The van der Waals surface area contributed by atoms with Gasteiger partial charge in [-0.25, -0.2) is 14.4 Å². The molecule has 2 N–H and O–H groups in total. The second-order valence-electron chi connectivity index (χ2n) is 7.03. The van der Waals surface area contributed by atoms with Gasteiger partial charge in [0.05, 0.1) is 41.2 Å². The van der Waals surface area contributed by atoms with Crippen molar-refractivity contribution in [3.63, 3.8) is 0 Å². The summed E-state index contributed by atoms with van der Waals surface area (Å²) in [6.07, 6.45) is 0. The van der Waals surface area contributed by atoms with Gasteiger partial charge in [0.1, 0.15) is 0 Å². The first-order chi connectivity index (χ1) is 16.4. The van der Waals surface area contributed by atoms with E-state index >= 15 is 0 Å². The van der Waals surface area contributed by atoms with Crippen LogP contribution in [0.15, 0.2) is 48.0 Å². The normalized spacial score (nSPS) is 15.2. The third kappa shape index (κ3) is 5.79. The monoisotopic (exact) mass is 580 g/mol. The molecule has 34 heavy (non-hydrogen) atoms. The summed E-state index contributed by atoms with van der Waals surface area (Å²) in [4.78, 5) is 37.2. The molecule has 1 aliphatic rings. The van der Waals surface area contributed by atoms with Gasteiger partial charge >= 0.3 is 18.0 Å². The molecule has 180 valence electrons. The number of carbonyl (C=O) groups excluding carboxylic acids is 3. The Kier molecular flexibility index (Phi) is 8.74. The Bertz CT molecular complexity index is 1100. The zero-order chi connectivity index (χ0) is 24.7. The van der Waals surface area contributed by atoms with E-state index in [-0.39, 0.29) is 18.8 Å². The predicted molar refractivity (Wildman–Crippen MR) is 132 cm³/mol. The van der Waals surface area contributed by atoms with E-state index in [9.17, 15) is 14.4 Å². The summed E-state index contributed by atoms with van der Waals surface area (Å²) >= 11 is 2.05. The third-order valence-electron chi connectivity index (χ3n) is 4.86. The maximum absolute atomic E-state index is 13.1. The summed E-state index contributed by atoms with van der Waals surface area (Å²) in [7, 11) is 1.27. The molecule has 2 aromatic carbocycles. The van der Waals surface area contributed by atoms with Gasteiger partial charge in [-0.2, -0.15) is 0 Å². The molecule has 0 fully saturated rings. The van der Waals surface area contributed by atoms with E-state index in [1.54, 1.807) is 31.2 Å². The Balaban J connectivity index is 2.14. The Morgan fingerprint density at radius 1 is 1.06 bits per heavy atom. The number of rotatable bonds is 9. The lowest BCUT2D eigenvalue weighted by molar-refractivity contribution is -0.143. The molecule has 0 saturated heterocycles. The average Bonchev–Trinajstić information content (AvgIpc) is 2.83. The molecule has 10 heteroatoms. The van der Waals surface area contributed by atoms with Crippen LogP contribution in [-0.2, 0) is 19.1 Å². The lowest BCUT2D eigenvalue weighted by Gasteiger charge is -2.30. The van der Waals surface area contributed by atoms with E-state index in [1.807, 2.05) is 25.1 Å². The minimum absolute atomic E-state index is 0.174. The van der Waals surface area contributed by atoms with Crippen molar-refractivity contribution in [2.45, 2.75) is 19.9 Å². The van der Waals surface area contributed by atoms with E-state index in [0.717, 1.165) is 0 Å². The van der Waals surface area contributed by atoms with Crippen molar-refractivity contribution in [1.29, 1.82) is 0 Å². The first kappa shape index (κ1) is 25.3. The van der Waals surface area contributed by atoms with Gasteiger partial charge in [-0.05, 0) is 59.7 Å². The number of urea groups is 1. The highest BCUT2D eigenvalue weighted by molar-refractivity contribution is 14.1. The number of nitrogens with one attached hydrogen (secondary N) is 2. The first-order valence-electron chi connectivity index (χ1n) is 10.6. The van der Waals surface area contributed by atoms with Gasteiger partial charge < -0.3 is 29.6 Å². The molecule has 0 radical (unpaired) electrons. The zero-order valence-corrected chi connectivity index (χ0v) is 21.1. The number of methoxy groups -OCH3 is 1. The van der Waals surface area contributed by atoms with E-state index in [2.05, 4.69) is 38.0 Å². The van der Waals surface area contributed by atoms with Crippen LogP contribution in [0.1, 0.15) is 31.0 Å². The number of hydrogen-bond acceptors (Lipinski definition) is 7. The van der Waals surface area contributed by atoms with Crippen molar-refractivity contribution >= 4 is 46.3 Å². The van der Waals surface area contributed by atoms with Gasteiger partial charge in [-0.3, -0.25) is 0 Å². The fourth-order valence-electron chi connectivity index (χ4n) is 3.42. The van der Waals surface area contributed by atoms with Gasteiger partial charge in [0.15, 0.2) is 18.1 Å². The minimum Gasteiger partial charge on any atom is -0.490 e. The Morgan fingerprint density at radius 3 is 2.44 bits per heavy atom. The molecule has 1 aliphatic heterocycles. The number of hydrogen-bond donors (Lipinski definition) is 2. The molecule has 3 rings (SSSR count). The van der Waals surface area contributed by atoms with Gasteiger partial charge in [-0.15, -0.1) is 0 Å². The van der Waals surface area contributed by atoms with Crippen molar-refractivity contribution < 1.29 is 33.3 Å². The number of halogens is 1. The molecule has 2 aromatic rings. The summed E-state index contributed by atoms with van der Waals surface area (Å²) < 4.78 is 22.0. The van der Waals surface area contributed by atoms with Gasteiger partial charge in [0.25, 0.3) is 0 Å². The molecule has 0 bridgehead atoms. The molecular weight excluding hydrogens is 555 g/mol. The summed E-state index contributed by atoms with van der Waals surface area (Å²) in [6, 6.07) is 11.2. The maximum Gasteiger partial charge on any atom is 0.343 e. The summed E-state index contributed by atoms with van der Waals surface area (Å²) in [5.74, 6) is -0.363. The van der Waals surface area contributed by atoms with Crippen LogP contribution in [-0.4, -0.2) is 44.9 Å². The summed E-state index contributed by atoms with van der Waals surface area (Å²) in [5.41, 5.74) is 1.88. The van der Waals surface area contributed by atoms with Crippen molar-refractivity contribution in [3.8, 4) is 11.5 Å². The van der Waals surface area contributed by atoms with Gasteiger partial charge in [0.2, 0.25) is 0 Å². The molecule has 1 unspecified atom stereocenters. The maximum atomic E-state index is 13.1. The average molecular weight is 580 g/mol. The lowest BCUT2D eigenvalue weighted by Crippen LogP contribution is -2.45. The fraction of sp³-hybridized carbons (Fsp3) is 0.292. The molecule has 0 aromatic heterocycles. The SMILES string of the molecule is CCOC(=O)C1=C(c2ccccc2)NC(=O)NC1c1cc(I)c(OCC(=O)OC)c(OCC)c1. The third-order valence-corrected chi connectivity index (χ3v) is 5.66. The molecule has 1 heterocycles. The molecule has 0 spiro atoms. The quantitative estimate of drug-likeness (QED) is 0.345. The second-order valence-corrected chi connectivity index (χ2v) is 8.20. The molecule has 1 atom stereocenters. The van der Waals surface area contributed by atoms with E-state index in [1.165, 1.54) is 7.11 Å². The molecule has 0 saturated carbocycles. The van der Waals surface area contributed by atoms with Crippen molar-refractivity contribution in [2.24, 2.45) is 0 Å². The predicted octanol–water partition coefficient (Wildman–Crippen LogP) is 3.57. The number of ether oxygens (including phenoxy) is 4. The largest absolute Gasteiger partial charge is 0.490 e. The Hall–Kier alpha value is -3.28. The smallest absolute Gasteiger partial charge is 0.343 e. The fourth-order valence-corrected chi connectivity index (χ4v) is 4.20. The highest BCUT2D eigenvalue weighted by Crippen LogP contribution is 2.39. The molecule has 9 nitrogen and oxygen atoms in total. The highest BCUT2D eigenvalue weighted by Gasteiger charge is 2.35. The van der Waals surface area contributed by atoms with Crippen molar-refractivity contribution in [1.82, 2.24) is 10.6 Å². The Labute approximate surface area is 210 Å². The number of benzene rings is 2. The van der Waals surface area contributed by atoms with Crippen LogP contribution in [0.3, 0.4) is 0 Å². The minimum atomic E-state index is -0.814. The van der Waals surface area contributed by atoms with Crippen LogP contribution in [0.4, 0.5) is 4.79 Å². The first-order valence-corrected chi connectivity index (χ1v) is 11.7. The highest BCUT2D eigenvalue weighted by atomic mass is 127. The topological polar surface area (TPSA) is 112 Å². The van der Waals surface area contributed by atoms with Crippen molar-refractivity contribution in [3.05, 3.63) is 62.7 Å². The van der Waals surface area contributed by atoms with Gasteiger partial charge in [0, 0.05) is 0 Å². The summed E-state index contributed by atoms with van der Waals surface area (Å²) in [5, 5.41) is 5.56. The second kappa shape index (κ2) is 11.7. The lowest BCUT2D eigenvalue weighted by atomic mass is 9.92. The van der Waals surface area contributed by atoms with Crippen LogP contribution in [0.5, 0.6) is 11.5 Å². The molecule has 2 amide bonds. The van der Waals surface area contributed by atoms with Crippen LogP contribution >= 0.6 is 22.6 Å². The van der Waals surface area contributed by atoms with Crippen LogP contribution < -0.4 is 20.1 Å². The molecular formula is C24H25IN2O7. The van der Waals surface area contributed by atoms with Gasteiger partial charge in [-0.1, -0.05) is 30.3 Å². The number of amides is 2. The number of carbonyl (C=O) groups is 3. The zero-order valence-electron chi connectivity index (χ0n) is 19.0. The van der Waals surface area contributed by atoms with Crippen LogP contribution in [0.25, 0.3) is 5.70 Å². The Morgan fingerprint density at radius 2 is 1.79 bits per heavy atom. The molecule has 0 aliphatic carbocycles. The number of esters is 2. The van der Waals surface area contributed by atoms with E-state index in [0.29, 0.717) is 38.5 Å². The standard InChI is InChI=1S/C24H25IN2O7/c1-4-32-17-12-15(11-16(25)22(17)34-13-18(28)31-3)21-19(23(29)33-5-2)20(26-24(30)27-21)14-9-7-6-8-10-14/h6-12,21H,4-5,13H2,1-3H3,(H2,26,27,30). The summed E-state index contributed by atoms with van der Waals surface area (Å²) in [6.45, 7) is 3.75. The van der Waals surface area contributed by atoms with Crippen molar-refractivity contribution in [2.75, 3.05) is 26.9 Å². The van der Waals surface area contributed by atoms with Crippen LogP contribution in [0.2, 0.25) is 0 Å². The van der Waals surface area contributed by atoms with E-state index in [4.69, 9.17) is 14.2 Å². The van der Waals surface area contributed by atoms with Crippen LogP contribution in [0, 0.1) is 3.57 Å².